The van der Waals surface area contributed by atoms with E-state index in [1.54, 1.807) is 0 Å². The Kier molecular flexibility index (Phi) is 3.05. The van der Waals surface area contributed by atoms with Crippen molar-refractivity contribution in [1.82, 2.24) is 10.2 Å². The molecule has 94 valence electrons. The summed E-state index contributed by atoms with van der Waals surface area (Å²) < 4.78 is 38.1. The number of hydrogen-bond donors (Lipinski definition) is 2. The Bertz CT molecular complexity index is 586. The number of benzene rings is 1. The van der Waals surface area contributed by atoms with Crippen molar-refractivity contribution >= 4 is 11.5 Å². The standard InChI is InChI=1S/C11H8F3N3O/c12-11(13,14)7-3-1-2-4-8(7)15-9-5-6-10(18)17-16-9/h1-6H,(H,15,16)(H,17,18). The summed E-state index contributed by atoms with van der Waals surface area (Å²) in [6, 6.07) is 7.50. The van der Waals surface area contributed by atoms with Gasteiger partial charge in [-0.15, -0.1) is 0 Å². The Hall–Kier alpha value is -2.31. The Morgan fingerprint density at radius 3 is 2.44 bits per heavy atom. The van der Waals surface area contributed by atoms with Gasteiger partial charge in [0.05, 0.1) is 11.3 Å². The minimum Gasteiger partial charge on any atom is -0.338 e. The van der Waals surface area contributed by atoms with Gasteiger partial charge >= 0.3 is 6.18 Å². The topological polar surface area (TPSA) is 57.8 Å². The normalized spacial score (nSPS) is 11.3. The molecular weight excluding hydrogens is 247 g/mol. The molecule has 1 heterocycles. The second-order valence-electron chi connectivity index (χ2n) is 3.47. The summed E-state index contributed by atoms with van der Waals surface area (Å²) in [5.41, 5.74) is -1.34. The molecule has 0 aliphatic carbocycles. The molecule has 18 heavy (non-hydrogen) atoms. The molecule has 2 rings (SSSR count). The van der Waals surface area contributed by atoms with Gasteiger partial charge in [-0.05, 0) is 18.2 Å². The van der Waals surface area contributed by atoms with Crippen LogP contribution in [0.2, 0.25) is 0 Å². The number of anilines is 2. The first kappa shape index (κ1) is 12.2. The average Bonchev–Trinajstić information content (AvgIpc) is 2.31. The van der Waals surface area contributed by atoms with E-state index in [-0.39, 0.29) is 11.5 Å². The van der Waals surface area contributed by atoms with Gasteiger partial charge in [0.15, 0.2) is 5.82 Å². The second kappa shape index (κ2) is 4.52. The molecule has 0 aliphatic rings. The zero-order chi connectivity index (χ0) is 13.2. The summed E-state index contributed by atoms with van der Waals surface area (Å²) in [7, 11) is 0. The first-order valence-electron chi connectivity index (χ1n) is 4.96. The Morgan fingerprint density at radius 2 is 1.83 bits per heavy atom. The number of nitrogens with one attached hydrogen (secondary N) is 2. The molecule has 1 aromatic heterocycles. The van der Waals surface area contributed by atoms with Crippen molar-refractivity contribution in [2.45, 2.75) is 6.18 Å². The van der Waals surface area contributed by atoms with Gasteiger partial charge in [0.25, 0.3) is 5.56 Å². The number of H-pyrrole nitrogens is 1. The van der Waals surface area contributed by atoms with Crippen LogP contribution < -0.4 is 10.9 Å². The van der Waals surface area contributed by atoms with Crippen LogP contribution in [0.3, 0.4) is 0 Å². The number of aromatic nitrogens is 2. The molecule has 2 aromatic rings. The van der Waals surface area contributed by atoms with E-state index in [0.717, 1.165) is 6.07 Å². The maximum Gasteiger partial charge on any atom is 0.418 e. The smallest absolute Gasteiger partial charge is 0.338 e. The highest BCUT2D eigenvalue weighted by molar-refractivity contribution is 5.60. The summed E-state index contributed by atoms with van der Waals surface area (Å²) in [4.78, 5) is 10.8. The Labute approximate surface area is 99.5 Å². The molecule has 0 radical (unpaired) electrons. The third kappa shape index (κ3) is 2.68. The van der Waals surface area contributed by atoms with Gasteiger partial charge in [-0.3, -0.25) is 4.79 Å². The molecule has 4 nitrogen and oxygen atoms in total. The fourth-order valence-corrected chi connectivity index (χ4v) is 1.39. The summed E-state index contributed by atoms with van der Waals surface area (Å²) in [6.07, 6.45) is -4.45. The molecule has 0 atom stereocenters. The fourth-order valence-electron chi connectivity index (χ4n) is 1.39. The highest BCUT2D eigenvalue weighted by Gasteiger charge is 2.33. The van der Waals surface area contributed by atoms with E-state index in [0.29, 0.717) is 0 Å². The van der Waals surface area contributed by atoms with Crippen molar-refractivity contribution in [1.29, 1.82) is 0 Å². The minimum absolute atomic E-state index is 0.121. The number of para-hydroxylation sites is 1. The van der Waals surface area contributed by atoms with Crippen LogP contribution in [0.1, 0.15) is 5.56 Å². The van der Waals surface area contributed by atoms with Crippen molar-refractivity contribution in [3.8, 4) is 0 Å². The van der Waals surface area contributed by atoms with Crippen molar-refractivity contribution in [3.05, 3.63) is 52.3 Å². The highest BCUT2D eigenvalue weighted by Crippen LogP contribution is 2.35. The third-order valence-corrected chi connectivity index (χ3v) is 2.17. The van der Waals surface area contributed by atoms with Crippen LogP contribution in [0.5, 0.6) is 0 Å². The van der Waals surface area contributed by atoms with Crippen LogP contribution in [0.15, 0.2) is 41.2 Å². The summed E-state index contributed by atoms with van der Waals surface area (Å²) in [5.74, 6) is 0.131. The van der Waals surface area contributed by atoms with E-state index in [9.17, 15) is 18.0 Å². The molecule has 0 saturated heterocycles. The second-order valence-corrected chi connectivity index (χ2v) is 3.47. The van der Waals surface area contributed by atoms with Crippen molar-refractivity contribution in [2.75, 3.05) is 5.32 Å². The van der Waals surface area contributed by atoms with Crippen LogP contribution in [0.25, 0.3) is 0 Å². The lowest BCUT2D eigenvalue weighted by molar-refractivity contribution is -0.136. The van der Waals surface area contributed by atoms with E-state index in [1.165, 1.54) is 30.3 Å². The Balaban J connectivity index is 2.35. The first-order chi connectivity index (χ1) is 8.47. The minimum atomic E-state index is -4.45. The molecule has 0 aliphatic heterocycles. The number of nitrogens with zero attached hydrogens (tertiary/aromatic N) is 1. The summed E-state index contributed by atoms with van der Waals surface area (Å²) >= 11 is 0. The van der Waals surface area contributed by atoms with Crippen LogP contribution in [0.4, 0.5) is 24.7 Å². The molecule has 0 unspecified atom stereocenters. The van der Waals surface area contributed by atoms with E-state index in [4.69, 9.17) is 0 Å². The maximum atomic E-state index is 12.7. The molecule has 0 amide bonds. The molecule has 2 N–H and O–H groups in total. The number of rotatable bonds is 2. The van der Waals surface area contributed by atoms with Crippen molar-refractivity contribution in [2.24, 2.45) is 0 Å². The lowest BCUT2D eigenvalue weighted by Crippen LogP contribution is -2.11. The van der Waals surface area contributed by atoms with Crippen molar-refractivity contribution < 1.29 is 13.2 Å². The maximum absolute atomic E-state index is 12.7. The quantitative estimate of drug-likeness (QED) is 0.866. The van der Waals surface area contributed by atoms with Gasteiger partial charge in [-0.2, -0.15) is 18.3 Å². The SMILES string of the molecule is O=c1ccc(Nc2ccccc2C(F)(F)F)n[nH]1. The monoisotopic (exact) mass is 255 g/mol. The highest BCUT2D eigenvalue weighted by atomic mass is 19.4. The van der Waals surface area contributed by atoms with E-state index in [1.807, 2.05) is 0 Å². The van der Waals surface area contributed by atoms with E-state index < -0.39 is 17.3 Å². The van der Waals surface area contributed by atoms with Crippen molar-refractivity contribution in [3.63, 3.8) is 0 Å². The predicted octanol–water partition coefficient (Wildman–Crippen LogP) is 2.53. The van der Waals surface area contributed by atoms with Crippen LogP contribution in [-0.2, 0) is 6.18 Å². The Morgan fingerprint density at radius 1 is 1.11 bits per heavy atom. The molecule has 1 aromatic carbocycles. The summed E-state index contributed by atoms with van der Waals surface area (Å²) in [5, 5.41) is 8.21. The van der Waals surface area contributed by atoms with E-state index >= 15 is 0 Å². The van der Waals surface area contributed by atoms with Gasteiger partial charge in [0.2, 0.25) is 0 Å². The zero-order valence-electron chi connectivity index (χ0n) is 8.95. The van der Waals surface area contributed by atoms with Crippen LogP contribution in [-0.4, -0.2) is 10.2 Å². The lowest BCUT2D eigenvalue weighted by Gasteiger charge is -2.13. The largest absolute Gasteiger partial charge is 0.418 e. The van der Waals surface area contributed by atoms with E-state index in [2.05, 4.69) is 15.5 Å². The molecular formula is C11H8F3N3O. The number of hydrogen-bond acceptors (Lipinski definition) is 3. The molecule has 7 heteroatoms. The fraction of sp³-hybridized carbons (Fsp3) is 0.0909. The molecule has 0 fully saturated rings. The van der Waals surface area contributed by atoms with Gasteiger partial charge in [0.1, 0.15) is 0 Å². The number of alkyl halides is 3. The third-order valence-electron chi connectivity index (χ3n) is 2.17. The summed E-state index contributed by atoms with van der Waals surface area (Å²) in [6.45, 7) is 0. The molecule has 0 saturated carbocycles. The van der Waals surface area contributed by atoms with Gasteiger partial charge in [-0.1, -0.05) is 12.1 Å². The van der Waals surface area contributed by atoms with Gasteiger partial charge in [-0.25, -0.2) is 5.10 Å². The lowest BCUT2D eigenvalue weighted by atomic mass is 10.1. The van der Waals surface area contributed by atoms with Gasteiger partial charge < -0.3 is 5.32 Å². The first-order valence-corrected chi connectivity index (χ1v) is 4.96. The van der Waals surface area contributed by atoms with Crippen LogP contribution >= 0.6 is 0 Å². The number of halogens is 3. The average molecular weight is 255 g/mol. The predicted molar refractivity (Wildman–Crippen MR) is 59.6 cm³/mol. The molecule has 0 spiro atoms. The van der Waals surface area contributed by atoms with Crippen LogP contribution in [0, 0.1) is 0 Å². The number of aromatic amines is 1. The van der Waals surface area contributed by atoms with Gasteiger partial charge in [0, 0.05) is 6.07 Å². The molecule has 0 bridgehead atoms. The zero-order valence-corrected chi connectivity index (χ0v) is 8.95.